The number of rotatable bonds is 4. The van der Waals surface area contributed by atoms with Crippen molar-refractivity contribution >= 4 is 11.5 Å². The Kier molecular flexibility index (Phi) is 5.13. The molecule has 0 saturated carbocycles. The van der Waals surface area contributed by atoms with Gasteiger partial charge >= 0.3 is 0 Å². The van der Waals surface area contributed by atoms with E-state index in [-0.39, 0.29) is 0 Å². The Morgan fingerprint density at radius 1 is 0.533 bits per heavy atom. The van der Waals surface area contributed by atoms with Crippen LogP contribution in [-0.4, -0.2) is 36.4 Å². The van der Waals surface area contributed by atoms with Crippen molar-refractivity contribution < 1.29 is 0 Å². The summed E-state index contributed by atoms with van der Waals surface area (Å²) in [4.78, 5) is 4.80. The van der Waals surface area contributed by atoms with E-state index < -0.39 is 0 Å². The zero-order valence-corrected chi connectivity index (χ0v) is 16.9. The molecule has 0 aliphatic carbocycles. The van der Waals surface area contributed by atoms with Gasteiger partial charge in [-0.05, 0) is 23.8 Å². The van der Waals surface area contributed by atoms with Gasteiger partial charge in [-0.25, -0.2) is 0 Å². The monoisotopic (exact) mass is 392 g/mol. The zero-order chi connectivity index (χ0) is 20.2. The Labute approximate surface area is 177 Å². The standard InChI is InChI=1S/C26H24N4/c1-4-10-21(11-5-1)24-20-25(22-12-6-2-7-13-22)27-28-26(24)30-18-16-29(17-19-30)23-14-8-3-9-15-23/h1-15,20H,16-19H2. The SMILES string of the molecule is c1ccc(-c2cc(-c3ccccc3)c(N3CCN(c4ccccc4)CC3)nn2)cc1. The van der Waals surface area contributed by atoms with E-state index in [0.29, 0.717) is 0 Å². The molecule has 0 N–H and O–H groups in total. The fourth-order valence-electron chi connectivity index (χ4n) is 4.01. The van der Waals surface area contributed by atoms with Gasteiger partial charge in [-0.3, -0.25) is 0 Å². The molecule has 1 aliphatic rings. The summed E-state index contributed by atoms with van der Waals surface area (Å²) in [5, 5.41) is 9.29. The second kappa shape index (κ2) is 8.37. The molecule has 1 aromatic heterocycles. The second-order valence-electron chi connectivity index (χ2n) is 7.51. The second-order valence-corrected chi connectivity index (χ2v) is 7.51. The first kappa shape index (κ1) is 18.4. The summed E-state index contributed by atoms with van der Waals surface area (Å²) in [6.45, 7) is 3.79. The molecule has 5 rings (SSSR count). The predicted octanol–water partition coefficient (Wildman–Crippen LogP) is 5.14. The number of para-hydroxylation sites is 1. The van der Waals surface area contributed by atoms with Crippen LogP contribution in [-0.2, 0) is 0 Å². The van der Waals surface area contributed by atoms with Gasteiger partial charge in [0, 0.05) is 43.0 Å². The van der Waals surface area contributed by atoms with Crippen LogP contribution in [0.25, 0.3) is 22.4 Å². The van der Waals surface area contributed by atoms with E-state index in [1.807, 2.05) is 18.2 Å². The topological polar surface area (TPSA) is 32.3 Å². The van der Waals surface area contributed by atoms with Crippen molar-refractivity contribution in [1.82, 2.24) is 10.2 Å². The molecule has 0 unspecified atom stereocenters. The summed E-state index contributed by atoms with van der Waals surface area (Å²) in [5.74, 6) is 0.966. The number of nitrogens with zero attached hydrogens (tertiary/aromatic N) is 4. The van der Waals surface area contributed by atoms with Gasteiger partial charge in [0.05, 0.1) is 5.69 Å². The number of hydrogen-bond acceptors (Lipinski definition) is 4. The summed E-state index contributed by atoms with van der Waals surface area (Å²) >= 11 is 0. The van der Waals surface area contributed by atoms with Crippen LogP contribution in [0.1, 0.15) is 0 Å². The highest BCUT2D eigenvalue weighted by atomic mass is 15.3. The lowest BCUT2D eigenvalue weighted by atomic mass is 10.0. The molecule has 30 heavy (non-hydrogen) atoms. The van der Waals surface area contributed by atoms with E-state index in [4.69, 9.17) is 5.10 Å². The van der Waals surface area contributed by atoms with Crippen molar-refractivity contribution in [1.29, 1.82) is 0 Å². The van der Waals surface area contributed by atoms with E-state index >= 15 is 0 Å². The first-order valence-electron chi connectivity index (χ1n) is 10.4. The molecular formula is C26H24N4. The molecule has 0 amide bonds. The molecule has 2 heterocycles. The Bertz CT molecular complexity index is 1090. The molecule has 0 radical (unpaired) electrons. The van der Waals surface area contributed by atoms with Crippen LogP contribution in [0, 0.1) is 0 Å². The van der Waals surface area contributed by atoms with Gasteiger partial charge in [-0.15, -0.1) is 10.2 Å². The van der Waals surface area contributed by atoms with Gasteiger partial charge in [0.1, 0.15) is 0 Å². The van der Waals surface area contributed by atoms with Crippen molar-refractivity contribution in [3.05, 3.63) is 97.1 Å². The minimum atomic E-state index is 0.904. The fraction of sp³-hybridized carbons (Fsp3) is 0.154. The first-order valence-corrected chi connectivity index (χ1v) is 10.4. The molecule has 3 aromatic carbocycles. The van der Waals surface area contributed by atoms with Crippen molar-refractivity contribution in [2.75, 3.05) is 36.0 Å². The largest absolute Gasteiger partial charge is 0.368 e. The van der Waals surface area contributed by atoms with Crippen LogP contribution in [0.3, 0.4) is 0 Å². The third-order valence-corrected chi connectivity index (χ3v) is 5.63. The highest BCUT2D eigenvalue weighted by Gasteiger charge is 2.22. The molecule has 1 aliphatic heterocycles. The van der Waals surface area contributed by atoms with Crippen molar-refractivity contribution in [3.8, 4) is 22.4 Å². The minimum Gasteiger partial charge on any atom is -0.368 e. The molecule has 0 atom stereocenters. The smallest absolute Gasteiger partial charge is 0.159 e. The van der Waals surface area contributed by atoms with Crippen LogP contribution >= 0.6 is 0 Å². The third kappa shape index (κ3) is 3.77. The molecular weight excluding hydrogens is 368 g/mol. The number of piperazine rings is 1. The van der Waals surface area contributed by atoms with Crippen LogP contribution in [0.4, 0.5) is 11.5 Å². The normalized spacial score (nSPS) is 14.0. The highest BCUT2D eigenvalue weighted by Crippen LogP contribution is 2.32. The average Bonchev–Trinajstić information content (AvgIpc) is 2.85. The zero-order valence-electron chi connectivity index (χ0n) is 16.9. The maximum atomic E-state index is 4.71. The van der Waals surface area contributed by atoms with Gasteiger partial charge in [0.2, 0.25) is 0 Å². The number of aromatic nitrogens is 2. The lowest BCUT2D eigenvalue weighted by Crippen LogP contribution is -2.47. The van der Waals surface area contributed by atoms with Gasteiger partial charge in [-0.1, -0.05) is 78.9 Å². The molecule has 4 aromatic rings. The average molecular weight is 393 g/mol. The van der Waals surface area contributed by atoms with E-state index in [1.54, 1.807) is 0 Å². The maximum Gasteiger partial charge on any atom is 0.159 e. The van der Waals surface area contributed by atoms with Crippen molar-refractivity contribution in [2.45, 2.75) is 0 Å². The molecule has 4 nitrogen and oxygen atoms in total. The lowest BCUT2D eigenvalue weighted by molar-refractivity contribution is 0.644. The Morgan fingerprint density at radius 2 is 1.07 bits per heavy atom. The maximum absolute atomic E-state index is 4.71. The van der Waals surface area contributed by atoms with Gasteiger partial charge in [0.15, 0.2) is 5.82 Å². The molecule has 0 bridgehead atoms. The summed E-state index contributed by atoms with van der Waals surface area (Å²) < 4.78 is 0. The third-order valence-electron chi connectivity index (χ3n) is 5.63. The van der Waals surface area contributed by atoms with Gasteiger partial charge in [0.25, 0.3) is 0 Å². The Morgan fingerprint density at radius 3 is 1.70 bits per heavy atom. The quantitative estimate of drug-likeness (QED) is 0.481. The Balaban J connectivity index is 1.46. The lowest BCUT2D eigenvalue weighted by Gasteiger charge is -2.37. The molecule has 1 saturated heterocycles. The van der Waals surface area contributed by atoms with Crippen molar-refractivity contribution in [2.24, 2.45) is 0 Å². The predicted molar refractivity (Wildman–Crippen MR) is 124 cm³/mol. The van der Waals surface area contributed by atoms with E-state index in [1.165, 1.54) is 11.3 Å². The minimum absolute atomic E-state index is 0.904. The van der Waals surface area contributed by atoms with Crippen LogP contribution in [0.2, 0.25) is 0 Å². The van der Waals surface area contributed by atoms with Crippen molar-refractivity contribution in [3.63, 3.8) is 0 Å². The van der Waals surface area contributed by atoms with Gasteiger partial charge in [-0.2, -0.15) is 0 Å². The van der Waals surface area contributed by atoms with E-state index in [0.717, 1.165) is 48.8 Å². The summed E-state index contributed by atoms with van der Waals surface area (Å²) in [5.41, 5.74) is 5.58. The van der Waals surface area contributed by atoms with Crippen LogP contribution < -0.4 is 9.80 Å². The summed E-state index contributed by atoms with van der Waals surface area (Å²) in [6, 6.07) is 33.6. The number of hydrogen-bond donors (Lipinski definition) is 0. The molecule has 148 valence electrons. The molecule has 0 spiro atoms. The fourth-order valence-corrected chi connectivity index (χ4v) is 4.01. The van der Waals surface area contributed by atoms with Crippen LogP contribution in [0.15, 0.2) is 97.1 Å². The number of anilines is 2. The van der Waals surface area contributed by atoms with Crippen LogP contribution in [0.5, 0.6) is 0 Å². The number of benzene rings is 3. The summed E-state index contributed by atoms with van der Waals surface area (Å²) in [7, 11) is 0. The first-order chi connectivity index (χ1) is 14.9. The van der Waals surface area contributed by atoms with E-state index in [2.05, 4.69) is 93.8 Å². The Hall–Kier alpha value is -3.66. The van der Waals surface area contributed by atoms with Gasteiger partial charge < -0.3 is 9.80 Å². The van der Waals surface area contributed by atoms with E-state index in [9.17, 15) is 0 Å². The highest BCUT2D eigenvalue weighted by molar-refractivity contribution is 5.79. The molecule has 4 heteroatoms. The summed E-state index contributed by atoms with van der Waals surface area (Å²) in [6.07, 6.45) is 0. The molecule has 1 fully saturated rings.